The standard InChI is InChI=1S/C15H13NO2.K/c1-15(2)11-7-9(17)3-5-13(11)16-14-6-4-10(18)8-12(14)15;/h3-8,17H,1-2H3;/q;+1/p-1. The summed E-state index contributed by atoms with van der Waals surface area (Å²) in [5.74, 6) is -0.0579. The van der Waals surface area contributed by atoms with E-state index in [0.717, 1.165) is 22.5 Å². The fourth-order valence-corrected chi connectivity index (χ4v) is 2.50. The Morgan fingerprint density at radius 3 is 2.68 bits per heavy atom. The summed E-state index contributed by atoms with van der Waals surface area (Å²) in [6.45, 7) is 4.02. The molecule has 0 fully saturated rings. The van der Waals surface area contributed by atoms with Crippen LogP contribution in [0.3, 0.4) is 0 Å². The molecule has 0 spiro atoms. The molecule has 0 N–H and O–H groups in total. The van der Waals surface area contributed by atoms with Crippen molar-refractivity contribution in [1.29, 1.82) is 0 Å². The van der Waals surface area contributed by atoms with Crippen LogP contribution in [-0.4, -0.2) is 11.5 Å². The third-order valence-corrected chi connectivity index (χ3v) is 3.52. The number of hydrogen-bond donors (Lipinski definition) is 0. The van der Waals surface area contributed by atoms with Crippen molar-refractivity contribution in [1.82, 2.24) is 0 Å². The Bertz CT molecular complexity index is 654. The second-order valence-electron chi connectivity index (χ2n) is 5.09. The Hall–Kier alpha value is -0.524. The van der Waals surface area contributed by atoms with E-state index in [-0.39, 0.29) is 68.3 Å². The van der Waals surface area contributed by atoms with Crippen molar-refractivity contribution in [2.75, 3.05) is 0 Å². The number of fused-ring (bicyclic) bond motifs is 2. The van der Waals surface area contributed by atoms with Crippen LogP contribution >= 0.6 is 0 Å². The van der Waals surface area contributed by atoms with E-state index in [1.54, 1.807) is 24.3 Å². The molecule has 0 radical (unpaired) electrons. The number of rotatable bonds is 0. The predicted octanol–water partition coefficient (Wildman–Crippen LogP) is -0.807. The molecule has 0 unspecified atom stereocenters. The van der Waals surface area contributed by atoms with E-state index in [0.29, 0.717) is 0 Å². The van der Waals surface area contributed by atoms with Gasteiger partial charge in [0.05, 0.1) is 11.4 Å². The average molecular weight is 277 g/mol. The summed E-state index contributed by atoms with van der Waals surface area (Å²) in [6.07, 6.45) is 4.87. The largest absolute Gasteiger partial charge is 1.00 e. The van der Waals surface area contributed by atoms with E-state index in [9.17, 15) is 9.90 Å². The van der Waals surface area contributed by atoms with Crippen LogP contribution in [0.2, 0.25) is 0 Å². The number of aliphatic imine (C=N–C) groups is 1. The predicted molar refractivity (Wildman–Crippen MR) is 68.2 cm³/mol. The maximum Gasteiger partial charge on any atom is 1.00 e. The summed E-state index contributed by atoms with van der Waals surface area (Å²) in [5, 5.41) is 11.5. The zero-order chi connectivity index (χ0) is 12.9. The van der Waals surface area contributed by atoms with Gasteiger partial charge in [-0.3, -0.25) is 4.79 Å². The van der Waals surface area contributed by atoms with Crippen LogP contribution in [0.5, 0.6) is 5.75 Å². The Kier molecular flexibility index (Phi) is 4.00. The van der Waals surface area contributed by atoms with Gasteiger partial charge in [-0.05, 0) is 35.4 Å². The SMILES string of the molecule is CC1(C)C2=CC(=O)C=CC2=Nc2ccc([O-])cc21.[K+]. The molecule has 1 aromatic carbocycles. The van der Waals surface area contributed by atoms with Crippen molar-refractivity contribution in [2.45, 2.75) is 19.3 Å². The molecular formula is C15H12KNO2. The Morgan fingerprint density at radius 2 is 1.95 bits per heavy atom. The molecule has 4 heteroatoms. The molecule has 0 bridgehead atoms. The van der Waals surface area contributed by atoms with Gasteiger partial charge in [0.25, 0.3) is 0 Å². The molecule has 1 aliphatic carbocycles. The van der Waals surface area contributed by atoms with Crippen LogP contribution in [0.25, 0.3) is 0 Å². The van der Waals surface area contributed by atoms with Gasteiger partial charge < -0.3 is 5.11 Å². The fourth-order valence-electron chi connectivity index (χ4n) is 2.50. The zero-order valence-corrected chi connectivity index (χ0v) is 14.4. The number of allylic oxidation sites excluding steroid dienone is 4. The summed E-state index contributed by atoms with van der Waals surface area (Å²) in [5.41, 5.74) is 3.02. The molecule has 1 heterocycles. The fraction of sp³-hybridized carbons (Fsp3) is 0.200. The van der Waals surface area contributed by atoms with E-state index in [1.807, 2.05) is 13.8 Å². The van der Waals surface area contributed by atoms with Crippen LogP contribution in [0, 0.1) is 0 Å². The first kappa shape index (κ1) is 14.9. The molecule has 19 heavy (non-hydrogen) atoms. The first-order valence-electron chi connectivity index (χ1n) is 5.83. The van der Waals surface area contributed by atoms with Gasteiger partial charge in [0.2, 0.25) is 0 Å². The van der Waals surface area contributed by atoms with Gasteiger partial charge >= 0.3 is 51.4 Å². The van der Waals surface area contributed by atoms with Crippen molar-refractivity contribution in [3.63, 3.8) is 0 Å². The molecule has 0 saturated heterocycles. The normalized spacial score (nSPS) is 18.7. The van der Waals surface area contributed by atoms with Crippen molar-refractivity contribution in [3.8, 4) is 5.75 Å². The number of nitrogens with zero attached hydrogens (tertiary/aromatic N) is 1. The van der Waals surface area contributed by atoms with E-state index in [4.69, 9.17) is 0 Å². The number of benzene rings is 1. The van der Waals surface area contributed by atoms with Crippen LogP contribution < -0.4 is 56.5 Å². The van der Waals surface area contributed by atoms with E-state index in [1.165, 1.54) is 12.1 Å². The summed E-state index contributed by atoms with van der Waals surface area (Å²) in [7, 11) is 0. The van der Waals surface area contributed by atoms with E-state index >= 15 is 0 Å². The second kappa shape index (κ2) is 5.11. The minimum Gasteiger partial charge on any atom is -0.872 e. The maximum absolute atomic E-state index is 11.5. The summed E-state index contributed by atoms with van der Waals surface area (Å²) < 4.78 is 0. The number of hydrogen-bond acceptors (Lipinski definition) is 3. The molecule has 1 aromatic rings. The van der Waals surface area contributed by atoms with Gasteiger partial charge in [0.1, 0.15) is 0 Å². The van der Waals surface area contributed by atoms with Gasteiger partial charge in [0, 0.05) is 5.41 Å². The van der Waals surface area contributed by atoms with Gasteiger partial charge in [0.15, 0.2) is 5.78 Å². The smallest absolute Gasteiger partial charge is 0.872 e. The third kappa shape index (κ3) is 2.43. The number of carbonyl (C=O) groups is 1. The molecule has 3 nitrogen and oxygen atoms in total. The van der Waals surface area contributed by atoms with Gasteiger partial charge in [-0.15, -0.1) is 5.75 Å². The van der Waals surface area contributed by atoms with Gasteiger partial charge in [-0.25, -0.2) is 4.99 Å². The summed E-state index contributed by atoms with van der Waals surface area (Å²) >= 11 is 0. The Labute approximate surface area is 154 Å². The van der Waals surface area contributed by atoms with Gasteiger partial charge in [-0.1, -0.05) is 26.0 Å². The molecule has 0 aromatic heterocycles. The molecule has 90 valence electrons. The molecule has 1 aliphatic heterocycles. The van der Waals surface area contributed by atoms with Crippen molar-refractivity contribution < 1.29 is 61.3 Å². The van der Waals surface area contributed by atoms with E-state index in [2.05, 4.69) is 4.99 Å². The van der Waals surface area contributed by atoms with Crippen LogP contribution in [0.15, 0.2) is 47.0 Å². The van der Waals surface area contributed by atoms with Crippen LogP contribution in [0.4, 0.5) is 5.69 Å². The minimum absolute atomic E-state index is 0. The first-order valence-corrected chi connectivity index (χ1v) is 5.83. The molecule has 3 rings (SSSR count). The third-order valence-electron chi connectivity index (χ3n) is 3.52. The quantitative estimate of drug-likeness (QED) is 0.460. The van der Waals surface area contributed by atoms with Crippen molar-refractivity contribution in [3.05, 3.63) is 47.6 Å². The molecule has 0 atom stereocenters. The maximum atomic E-state index is 11.5. The van der Waals surface area contributed by atoms with Crippen molar-refractivity contribution >= 4 is 17.2 Å². The monoisotopic (exact) mass is 277 g/mol. The topological polar surface area (TPSA) is 52.5 Å². The average Bonchev–Trinajstić information content (AvgIpc) is 2.32. The van der Waals surface area contributed by atoms with Gasteiger partial charge in [-0.2, -0.15) is 0 Å². The Morgan fingerprint density at radius 1 is 1.21 bits per heavy atom. The van der Waals surface area contributed by atoms with Crippen LogP contribution in [0.1, 0.15) is 19.4 Å². The number of carbonyl (C=O) groups excluding carboxylic acids is 1. The first-order chi connectivity index (χ1) is 8.48. The molecule has 2 aliphatic rings. The summed E-state index contributed by atoms with van der Waals surface area (Å²) in [4.78, 5) is 16.0. The molecular weight excluding hydrogens is 265 g/mol. The second-order valence-corrected chi connectivity index (χ2v) is 5.09. The Balaban J connectivity index is 0.00000133. The molecule has 0 amide bonds. The number of ketones is 1. The summed E-state index contributed by atoms with van der Waals surface area (Å²) in [6, 6.07) is 4.87. The van der Waals surface area contributed by atoms with E-state index < -0.39 is 0 Å². The zero-order valence-electron chi connectivity index (χ0n) is 11.2. The van der Waals surface area contributed by atoms with Crippen molar-refractivity contribution in [2.24, 2.45) is 4.99 Å². The van der Waals surface area contributed by atoms with Crippen LogP contribution in [-0.2, 0) is 10.2 Å². The minimum atomic E-state index is -0.368. The molecule has 0 saturated carbocycles.